The van der Waals surface area contributed by atoms with Crippen LogP contribution < -0.4 is 0 Å². The van der Waals surface area contributed by atoms with Gasteiger partial charge in [-0.1, -0.05) is 27.2 Å². The van der Waals surface area contributed by atoms with Crippen LogP contribution in [0, 0.1) is 0 Å². The molecule has 1 atom stereocenters. The molecule has 0 aliphatic heterocycles. The summed E-state index contributed by atoms with van der Waals surface area (Å²) in [5.74, 6) is 0. The van der Waals surface area contributed by atoms with E-state index in [1.807, 2.05) is 13.8 Å². The summed E-state index contributed by atoms with van der Waals surface area (Å²) in [6.45, 7) is 6.75. The molecule has 2 nitrogen and oxygen atoms in total. The van der Waals surface area contributed by atoms with E-state index < -0.39 is 7.37 Å². The van der Waals surface area contributed by atoms with Crippen LogP contribution in [0.15, 0.2) is 0 Å². The summed E-state index contributed by atoms with van der Waals surface area (Å²) in [4.78, 5) is 0. The standard InChI is InChI=1S/C9H21O2P/c1-4-7-9-12(10,6-3)11-8-5-2/h4-9H2,1-3H3. The first-order chi connectivity index (χ1) is 5.68. The Kier molecular flexibility index (Phi) is 6.78. The van der Waals surface area contributed by atoms with E-state index in [2.05, 4.69) is 6.92 Å². The maximum absolute atomic E-state index is 11.9. The van der Waals surface area contributed by atoms with Gasteiger partial charge in [-0.2, -0.15) is 0 Å². The van der Waals surface area contributed by atoms with Crippen LogP contribution in [0.3, 0.4) is 0 Å². The topological polar surface area (TPSA) is 26.3 Å². The summed E-state index contributed by atoms with van der Waals surface area (Å²) >= 11 is 0. The number of hydrogen-bond acceptors (Lipinski definition) is 2. The molecule has 0 aromatic carbocycles. The van der Waals surface area contributed by atoms with Crippen molar-refractivity contribution in [1.29, 1.82) is 0 Å². The Hall–Kier alpha value is 0.190. The second-order valence-electron chi connectivity index (χ2n) is 3.04. The molecule has 0 bridgehead atoms. The highest BCUT2D eigenvalue weighted by atomic mass is 31.2. The molecule has 0 aromatic rings. The molecule has 0 aliphatic carbocycles. The van der Waals surface area contributed by atoms with E-state index in [-0.39, 0.29) is 0 Å². The first kappa shape index (κ1) is 12.2. The van der Waals surface area contributed by atoms with Gasteiger partial charge in [0.2, 0.25) is 7.37 Å². The smallest absolute Gasteiger partial charge is 0.202 e. The van der Waals surface area contributed by atoms with E-state index in [9.17, 15) is 4.57 Å². The van der Waals surface area contributed by atoms with Crippen molar-refractivity contribution in [2.24, 2.45) is 0 Å². The van der Waals surface area contributed by atoms with E-state index in [4.69, 9.17) is 4.52 Å². The van der Waals surface area contributed by atoms with Crippen LogP contribution >= 0.6 is 7.37 Å². The summed E-state index contributed by atoms with van der Waals surface area (Å²) in [6.07, 6.45) is 4.53. The van der Waals surface area contributed by atoms with Crippen molar-refractivity contribution in [3.63, 3.8) is 0 Å². The zero-order valence-electron chi connectivity index (χ0n) is 8.51. The summed E-state index contributed by atoms with van der Waals surface area (Å²) < 4.78 is 17.3. The van der Waals surface area contributed by atoms with E-state index >= 15 is 0 Å². The summed E-state index contributed by atoms with van der Waals surface area (Å²) in [5.41, 5.74) is 0. The van der Waals surface area contributed by atoms with Crippen LogP contribution in [0.2, 0.25) is 0 Å². The molecule has 12 heavy (non-hydrogen) atoms. The molecular weight excluding hydrogens is 171 g/mol. The molecule has 0 N–H and O–H groups in total. The van der Waals surface area contributed by atoms with Gasteiger partial charge < -0.3 is 4.52 Å². The molecule has 0 heterocycles. The van der Waals surface area contributed by atoms with E-state index in [1.165, 1.54) is 0 Å². The van der Waals surface area contributed by atoms with Gasteiger partial charge in [-0.3, -0.25) is 4.57 Å². The lowest BCUT2D eigenvalue weighted by Crippen LogP contribution is -1.99. The highest BCUT2D eigenvalue weighted by molar-refractivity contribution is 7.58. The fourth-order valence-electron chi connectivity index (χ4n) is 0.971. The highest BCUT2D eigenvalue weighted by Crippen LogP contribution is 2.47. The molecule has 1 unspecified atom stereocenters. The molecular formula is C9H21O2P. The molecule has 0 saturated heterocycles. The predicted molar refractivity (Wildman–Crippen MR) is 54.2 cm³/mol. The average molecular weight is 192 g/mol. The van der Waals surface area contributed by atoms with Gasteiger partial charge in [-0.15, -0.1) is 0 Å². The van der Waals surface area contributed by atoms with Gasteiger partial charge >= 0.3 is 0 Å². The van der Waals surface area contributed by atoms with Gasteiger partial charge in [0, 0.05) is 12.3 Å². The first-order valence-electron chi connectivity index (χ1n) is 4.91. The summed E-state index contributed by atoms with van der Waals surface area (Å²) in [5, 5.41) is 0. The Balaban J connectivity index is 3.79. The monoisotopic (exact) mass is 192 g/mol. The third-order valence-corrected chi connectivity index (χ3v) is 4.48. The van der Waals surface area contributed by atoms with Gasteiger partial charge in [-0.25, -0.2) is 0 Å². The molecule has 0 fully saturated rings. The lowest BCUT2D eigenvalue weighted by atomic mass is 10.4. The van der Waals surface area contributed by atoms with E-state index in [0.29, 0.717) is 12.8 Å². The number of unbranched alkanes of at least 4 members (excludes halogenated alkanes) is 1. The van der Waals surface area contributed by atoms with Crippen molar-refractivity contribution in [2.75, 3.05) is 18.9 Å². The van der Waals surface area contributed by atoms with Crippen molar-refractivity contribution in [1.82, 2.24) is 0 Å². The second-order valence-corrected chi connectivity index (χ2v) is 6.01. The van der Waals surface area contributed by atoms with Gasteiger partial charge in [0.05, 0.1) is 6.61 Å². The summed E-state index contributed by atoms with van der Waals surface area (Å²) in [6, 6.07) is 0. The fourth-order valence-corrected chi connectivity index (χ4v) is 2.91. The Morgan fingerprint density at radius 1 is 1.17 bits per heavy atom. The minimum absolute atomic E-state index is 0.648. The SMILES string of the molecule is CCCCP(=O)(CC)OCCC. The van der Waals surface area contributed by atoms with Crippen molar-refractivity contribution < 1.29 is 9.09 Å². The van der Waals surface area contributed by atoms with Crippen LogP contribution in [-0.2, 0) is 9.09 Å². The lowest BCUT2D eigenvalue weighted by molar-refractivity contribution is 0.313. The average Bonchev–Trinajstić information content (AvgIpc) is 2.11. The fraction of sp³-hybridized carbons (Fsp3) is 1.00. The van der Waals surface area contributed by atoms with Crippen LogP contribution in [-0.4, -0.2) is 18.9 Å². The molecule has 3 heteroatoms. The Morgan fingerprint density at radius 3 is 2.25 bits per heavy atom. The molecule has 0 spiro atoms. The largest absolute Gasteiger partial charge is 0.328 e. The van der Waals surface area contributed by atoms with Crippen LogP contribution in [0.1, 0.15) is 40.0 Å². The minimum Gasteiger partial charge on any atom is -0.328 e. The zero-order chi connectivity index (χ0) is 9.45. The van der Waals surface area contributed by atoms with Crippen molar-refractivity contribution in [3.05, 3.63) is 0 Å². The summed E-state index contributed by atoms with van der Waals surface area (Å²) in [7, 11) is -2.23. The second kappa shape index (κ2) is 6.68. The minimum atomic E-state index is -2.23. The molecule has 0 amide bonds. The third kappa shape index (κ3) is 4.95. The van der Waals surface area contributed by atoms with Crippen LogP contribution in [0.5, 0.6) is 0 Å². The van der Waals surface area contributed by atoms with E-state index in [0.717, 1.165) is 25.4 Å². The predicted octanol–water partition coefficient (Wildman–Crippen LogP) is 3.51. The zero-order valence-corrected chi connectivity index (χ0v) is 9.40. The normalized spacial score (nSPS) is 15.9. The van der Waals surface area contributed by atoms with E-state index in [1.54, 1.807) is 0 Å². The molecule has 74 valence electrons. The van der Waals surface area contributed by atoms with Crippen molar-refractivity contribution in [3.8, 4) is 0 Å². The van der Waals surface area contributed by atoms with Crippen LogP contribution in [0.25, 0.3) is 0 Å². The first-order valence-corrected chi connectivity index (χ1v) is 6.90. The van der Waals surface area contributed by atoms with Gasteiger partial charge in [-0.05, 0) is 12.8 Å². The Labute approximate surface area is 76.1 Å². The molecule has 0 aromatic heterocycles. The van der Waals surface area contributed by atoms with Gasteiger partial charge in [0.25, 0.3) is 0 Å². The highest BCUT2D eigenvalue weighted by Gasteiger charge is 2.18. The number of hydrogen-bond donors (Lipinski definition) is 0. The molecule has 0 radical (unpaired) electrons. The van der Waals surface area contributed by atoms with Gasteiger partial charge in [0.1, 0.15) is 0 Å². The maximum Gasteiger partial charge on any atom is 0.202 e. The maximum atomic E-state index is 11.9. The van der Waals surface area contributed by atoms with Crippen molar-refractivity contribution in [2.45, 2.75) is 40.0 Å². The Bertz CT molecular complexity index is 133. The quantitative estimate of drug-likeness (QED) is 0.577. The van der Waals surface area contributed by atoms with Crippen LogP contribution in [0.4, 0.5) is 0 Å². The van der Waals surface area contributed by atoms with Gasteiger partial charge in [0.15, 0.2) is 0 Å². The Morgan fingerprint density at radius 2 is 1.83 bits per heavy atom. The third-order valence-electron chi connectivity index (χ3n) is 1.86. The molecule has 0 rings (SSSR count). The van der Waals surface area contributed by atoms with Crippen molar-refractivity contribution >= 4 is 7.37 Å². The number of rotatable bonds is 7. The molecule has 0 aliphatic rings. The molecule has 0 saturated carbocycles. The lowest BCUT2D eigenvalue weighted by Gasteiger charge is -2.15.